The van der Waals surface area contributed by atoms with Gasteiger partial charge in [0.2, 0.25) is 5.91 Å². The molecule has 1 N–H and O–H groups in total. The first-order valence-electron chi connectivity index (χ1n) is 10.1. The fourth-order valence-electron chi connectivity index (χ4n) is 3.58. The van der Waals surface area contributed by atoms with Gasteiger partial charge >= 0.3 is 0 Å². The largest absolute Gasteiger partial charge is 0.497 e. The number of hydrogen-bond donors (Lipinski definition) is 1. The molecule has 7 nitrogen and oxygen atoms in total. The summed E-state index contributed by atoms with van der Waals surface area (Å²) in [4.78, 5) is 33.9. The van der Waals surface area contributed by atoms with Gasteiger partial charge in [-0.05, 0) is 55.4 Å². The molecule has 0 saturated carbocycles. The highest BCUT2D eigenvalue weighted by atomic mass is 16.5. The topological polar surface area (TPSA) is 74.8 Å². The molecule has 158 valence electrons. The maximum absolute atomic E-state index is 13.4. The Balaban J connectivity index is 1.53. The van der Waals surface area contributed by atoms with Crippen LogP contribution in [-0.2, 0) is 11.2 Å². The Bertz CT molecular complexity index is 1100. The van der Waals surface area contributed by atoms with E-state index in [0.29, 0.717) is 29.3 Å². The molecule has 2 aromatic carbocycles. The van der Waals surface area contributed by atoms with Crippen molar-refractivity contribution < 1.29 is 14.3 Å². The van der Waals surface area contributed by atoms with Gasteiger partial charge in [-0.3, -0.25) is 19.4 Å². The van der Waals surface area contributed by atoms with Gasteiger partial charge in [0, 0.05) is 12.7 Å². The molecule has 1 aliphatic rings. The van der Waals surface area contributed by atoms with Crippen LogP contribution < -0.4 is 15.0 Å². The van der Waals surface area contributed by atoms with Gasteiger partial charge in [0.05, 0.1) is 30.6 Å². The Morgan fingerprint density at radius 2 is 1.87 bits per heavy atom. The number of carbonyl (C=O) groups is 2. The number of para-hydroxylation sites is 1. The molecule has 0 radical (unpaired) electrons. The Kier molecular flexibility index (Phi) is 5.95. The summed E-state index contributed by atoms with van der Waals surface area (Å²) in [7, 11) is 3.55. The lowest BCUT2D eigenvalue weighted by atomic mass is 10.1. The van der Waals surface area contributed by atoms with Gasteiger partial charge in [0.1, 0.15) is 5.75 Å². The molecule has 0 aliphatic carbocycles. The highest BCUT2D eigenvalue weighted by molar-refractivity contribution is 6.17. The van der Waals surface area contributed by atoms with Crippen molar-refractivity contribution in [3.63, 3.8) is 0 Å². The molecule has 1 aromatic heterocycles. The zero-order chi connectivity index (χ0) is 21.8. The fraction of sp³-hybridized carbons (Fsp3) is 0.208. The van der Waals surface area contributed by atoms with Gasteiger partial charge in [0.15, 0.2) is 5.82 Å². The minimum atomic E-state index is -0.256. The molecule has 0 spiro atoms. The van der Waals surface area contributed by atoms with Crippen molar-refractivity contribution in [2.75, 3.05) is 37.5 Å². The molecule has 0 atom stereocenters. The minimum absolute atomic E-state index is 0.152. The smallest absolute Gasteiger partial charge is 0.257 e. The third-order valence-corrected chi connectivity index (χ3v) is 5.23. The van der Waals surface area contributed by atoms with Crippen molar-refractivity contribution in [1.82, 2.24) is 9.88 Å². The van der Waals surface area contributed by atoms with Crippen LogP contribution in [0.5, 0.6) is 5.75 Å². The maximum atomic E-state index is 13.4. The molecule has 0 saturated heterocycles. The van der Waals surface area contributed by atoms with Crippen LogP contribution in [0.3, 0.4) is 0 Å². The van der Waals surface area contributed by atoms with E-state index in [0.717, 1.165) is 12.2 Å². The number of benzene rings is 2. The van der Waals surface area contributed by atoms with Gasteiger partial charge in [-0.1, -0.05) is 24.3 Å². The number of ether oxygens (including phenoxy) is 1. The quantitative estimate of drug-likeness (QED) is 0.666. The molecule has 31 heavy (non-hydrogen) atoms. The highest BCUT2D eigenvalue weighted by Crippen LogP contribution is 2.36. The van der Waals surface area contributed by atoms with E-state index in [1.165, 1.54) is 10.5 Å². The minimum Gasteiger partial charge on any atom is -0.497 e. The second-order valence-electron chi connectivity index (χ2n) is 7.41. The van der Waals surface area contributed by atoms with E-state index in [9.17, 15) is 9.59 Å². The number of amides is 2. The molecule has 0 fully saturated rings. The van der Waals surface area contributed by atoms with E-state index < -0.39 is 0 Å². The van der Waals surface area contributed by atoms with E-state index >= 15 is 0 Å². The van der Waals surface area contributed by atoms with Crippen LogP contribution in [0, 0.1) is 0 Å². The number of likely N-dealkylation sites (N-methyl/N-ethyl adjacent to an activating group) is 1. The standard InChI is InChI=1S/C24H24N4O3/c1-27(15-13-17-9-11-18(31-2)12-10-17)16-22(29)28-21-8-4-3-6-19(21)24(30)26-20-7-5-14-25-23(20)28/h3-12,14H,13,15-16H2,1-2H3,(H,26,30). The van der Waals surface area contributed by atoms with Crippen LogP contribution in [0.4, 0.5) is 17.2 Å². The average Bonchev–Trinajstić information content (AvgIpc) is 2.92. The summed E-state index contributed by atoms with van der Waals surface area (Å²) in [6.07, 6.45) is 2.42. The number of fused-ring (bicyclic) bond motifs is 2. The third kappa shape index (κ3) is 4.41. The van der Waals surface area contributed by atoms with Crippen molar-refractivity contribution >= 4 is 29.0 Å². The Morgan fingerprint density at radius 3 is 2.65 bits per heavy atom. The van der Waals surface area contributed by atoms with Crippen molar-refractivity contribution in [2.45, 2.75) is 6.42 Å². The summed E-state index contributed by atoms with van der Waals surface area (Å²) < 4.78 is 5.19. The maximum Gasteiger partial charge on any atom is 0.257 e. The average molecular weight is 416 g/mol. The fourth-order valence-corrected chi connectivity index (χ4v) is 3.58. The van der Waals surface area contributed by atoms with Gasteiger partial charge in [-0.2, -0.15) is 0 Å². The van der Waals surface area contributed by atoms with Crippen molar-refractivity contribution in [1.29, 1.82) is 0 Å². The third-order valence-electron chi connectivity index (χ3n) is 5.23. The first kappa shape index (κ1) is 20.6. The van der Waals surface area contributed by atoms with E-state index in [1.807, 2.05) is 42.3 Å². The van der Waals surface area contributed by atoms with Gasteiger partial charge < -0.3 is 10.1 Å². The van der Waals surface area contributed by atoms with Crippen LogP contribution in [0.1, 0.15) is 15.9 Å². The summed E-state index contributed by atoms with van der Waals surface area (Å²) in [5.74, 6) is 0.838. The molecule has 2 heterocycles. The number of nitrogens with one attached hydrogen (secondary N) is 1. The molecule has 0 bridgehead atoms. The van der Waals surface area contributed by atoms with Crippen LogP contribution in [0.25, 0.3) is 0 Å². The number of nitrogens with zero attached hydrogens (tertiary/aromatic N) is 3. The predicted molar refractivity (Wildman–Crippen MR) is 120 cm³/mol. The lowest BCUT2D eigenvalue weighted by Gasteiger charge is -2.25. The van der Waals surface area contributed by atoms with Gasteiger partial charge in [-0.15, -0.1) is 0 Å². The summed E-state index contributed by atoms with van der Waals surface area (Å²) in [6.45, 7) is 0.897. The summed E-state index contributed by atoms with van der Waals surface area (Å²) in [5, 5.41) is 2.85. The Labute approximate surface area is 181 Å². The van der Waals surface area contributed by atoms with E-state index in [1.54, 1.807) is 43.6 Å². The molecule has 4 rings (SSSR count). The highest BCUT2D eigenvalue weighted by Gasteiger charge is 2.30. The van der Waals surface area contributed by atoms with Crippen LogP contribution in [-0.4, -0.2) is 48.9 Å². The van der Waals surface area contributed by atoms with Gasteiger partial charge in [-0.25, -0.2) is 4.98 Å². The van der Waals surface area contributed by atoms with E-state index in [4.69, 9.17) is 4.74 Å². The summed E-state index contributed by atoms with van der Waals surface area (Å²) >= 11 is 0. The zero-order valence-electron chi connectivity index (χ0n) is 17.5. The molecule has 2 amide bonds. The first-order valence-corrected chi connectivity index (χ1v) is 10.1. The Hall–Kier alpha value is -3.71. The van der Waals surface area contributed by atoms with Crippen LogP contribution in [0.15, 0.2) is 66.9 Å². The second-order valence-corrected chi connectivity index (χ2v) is 7.41. The molecule has 3 aromatic rings. The number of aromatic nitrogens is 1. The lowest BCUT2D eigenvalue weighted by molar-refractivity contribution is -0.118. The normalized spacial score (nSPS) is 12.6. The molecular weight excluding hydrogens is 392 g/mol. The van der Waals surface area contributed by atoms with Crippen LogP contribution in [0.2, 0.25) is 0 Å². The summed E-state index contributed by atoms with van der Waals surface area (Å²) in [5.41, 5.74) is 2.65. The van der Waals surface area contributed by atoms with Crippen molar-refractivity contribution in [3.8, 4) is 5.75 Å². The number of pyridine rings is 1. The SMILES string of the molecule is COc1ccc(CCN(C)CC(=O)N2c3ccccc3C(=O)Nc3cccnc32)cc1. The van der Waals surface area contributed by atoms with Crippen molar-refractivity contribution in [3.05, 3.63) is 78.0 Å². The number of rotatable bonds is 6. The molecule has 1 aliphatic heterocycles. The van der Waals surface area contributed by atoms with E-state index in [-0.39, 0.29) is 18.4 Å². The molecule has 7 heteroatoms. The Morgan fingerprint density at radius 1 is 1.10 bits per heavy atom. The number of methoxy groups -OCH3 is 1. The monoisotopic (exact) mass is 416 g/mol. The van der Waals surface area contributed by atoms with E-state index in [2.05, 4.69) is 10.3 Å². The summed E-state index contributed by atoms with van der Waals surface area (Å²) in [6, 6.07) is 18.5. The first-order chi connectivity index (χ1) is 15.1. The van der Waals surface area contributed by atoms with Gasteiger partial charge in [0.25, 0.3) is 5.91 Å². The number of anilines is 3. The second kappa shape index (κ2) is 8.97. The predicted octanol–water partition coefficient (Wildman–Crippen LogP) is 3.50. The lowest BCUT2D eigenvalue weighted by Crippen LogP contribution is -2.37. The number of hydrogen-bond acceptors (Lipinski definition) is 5. The van der Waals surface area contributed by atoms with Crippen LogP contribution >= 0.6 is 0 Å². The van der Waals surface area contributed by atoms with Crippen molar-refractivity contribution in [2.24, 2.45) is 0 Å². The zero-order valence-corrected chi connectivity index (χ0v) is 17.5. The number of carbonyl (C=O) groups excluding carboxylic acids is 2. The molecular formula is C24H24N4O3. The molecule has 0 unspecified atom stereocenters.